The zero-order chi connectivity index (χ0) is 26.2. The number of benzene rings is 1. The maximum Gasteiger partial charge on any atom is 0.255 e. The smallest absolute Gasteiger partial charge is 0.255 e. The van der Waals surface area contributed by atoms with Crippen LogP contribution in [0.25, 0.3) is 0 Å². The number of nitrogens with zero attached hydrogens (tertiary/aromatic N) is 5. The Morgan fingerprint density at radius 3 is 2.42 bits per heavy atom. The van der Waals surface area contributed by atoms with Crippen molar-refractivity contribution >= 4 is 34.9 Å². The predicted octanol–water partition coefficient (Wildman–Crippen LogP) is 1.46. The van der Waals surface area contributed by atoms with Gasteiger partial charge in [-0.2, -0.15) is 0 Å². The Hall–Kier alpha value is -3.66. The number of carbonyl (C=O) groups is 3. The molecule has 1 unspecified atom stereocenters. The molecule has 0 spiro atoms. The van der Waals surface area contributed by atoms with E-state index in [1.165, 1.54) is 12.8 Å². The van der Waals surface area contributed by atoms with E-state index in [-0.39, 0.29) is 24.1 Å². The Bertz CT molecular complexity index is 1220. The zero-order valence-electron chi connectivity index (χ0n) is 21.6. The van der Waals surface area contributed by atoms with Crippen LogP contribution in [0, 0.1) is 5.92 Å². The first kappa shape index (κ1) is 24.7. The summed E-state index contributed by atoms with van der Waals surface area (Å²) in [7, 11) is 0. The molecule has 3 saturated heterocycles. The lowest BCUT2D eigenvalue weighted by Gasteiger charge is -2.40. The van der Waals surface area contributed by atoms with Gasteiger partial charge in [0, 0.05) is 70.0 Å². The third kappa shape index (κ3) is 4.92. The summed E-state index contributed by atoms with van der Waals surface area (Å²) < 4.78 is 0. The fourth-order valence-corrected chi connectivity index (χ4v) is 6.24. The highest BCUT2D eigenvalue weighted by atomic mass is 16.2. The van der Waals surface area contributed by atoms with Gasteiger partial charge in [0.2, 0.25) is 11.8 Å². The molecule has 0 aliphatic carbocycles. The van der Waals surface area contributed by atoms with Gasteiger partial charge in [0.15, 0.2) is 0 Å². The fraction of sp³-hybridized carbons (Fsp3) is 0.500. The van der Waals surface area contributed by atoms with Gasteiger partial charge in [0.05, 0.1) is 11.9 Å². The number of nitrogens with one attached hydrogen (secondary N) is 1. The predicted molar refractivity (Wildman–Crippen MR) is 145 cm³/mol. The highest BCUT2D eigenvalue weighted by Crippen LogP contribution is 2.31. The number of hydrogen-bond acceptors (Lipinski definition) is 8. The molecule has 10 nitrogen and oxygen atoms in total. The average molecular weight is 518 g/mol. The number of imide groups is 1. The maximum absolute atomic E-state index is 13.0. The Morgan fingerprint density at radius 1 is 0.921 bits per heavy atom. The number of piperidine rings is 2. The number of fused-ring (bicyclic) bond motifs is 1. The van der Waals surface area contributed by atoms with Crippen LogP contribution in [0.15, 0.2) is 36.5 Å². The minimum atomic E-state index is -0.575. The Labute approximate surface area is 222 Å². The van der Waals surface area contributed by atoms with Gasteiger partial charge in [-0.05, 0) is 61.1 Å². The zero-order valence-corrected chi connectivity index (χ0v) is 21.6. The second-order valence-electron chi connectivity index (χ2n) is 10.9. The van der Waals surface area contributed by atoms with E-state index in [9.17, 15) is 14.4 Å². The van der Waals surface area contributed by atoms with Crippen molar-refractivity contribution in [3.8, 4) is 0 Å². The largest absolute Gasteiger partial charge is 0.397 e. The molecule has 6 rings (SSSR count). The van der Waals surface area contributed by atoms with Crippen molar-refractivity contribution in [3.63, 3.8) is 0 Å². The highest BCUT2D eigenvalue weighted by molar-refractivity contribution is 6.05. The van der Waals surface area contributed by atoms with Gasteiger partial charge < -0.3 is 20.4 Å². The quantitative estimate of drug-likeness (QED) is 0.573. The molecule has 1 atom stereocenters. The van der Waals surface area contributed by atoms with Gasteiger partial charge in [0.25, 0.3) is 5.91 Å². The Kier molecular flexibility index (Phi) is 6.65. The monoisotopic (exact) mass is 517 g/mol. The molecular formula is C28H35N7O3. The molecular weight excluding hydrogens is 482 g/mol. The van der Waals surface area contributed by atoms with Gasteiger partial charge in [-0.15, -0.1) is 0 Å². The molecule has 0 radical (unpaired) electrons. The van der Waals surface area contributed by atoms with Crippen LogP contribution in [0.4, 0.5) is 17.2 Å². The molecule has 0 saturated carbocycles. The van der Waals surface area contributed by atoms with Crippen molar-refractivity contribution in [1.29, 1.82) is 0 Å². The van der Waals surface area contributed by atoms with Crippen LogP contribution in [0.2, 0.25) is 0 Å². The first-order valence-corrected chi connectivity index (χ1v) is 13.7. The SMILES string of the molecule is Nc1ccc(N2CCC(CN3CCN(c4ccc5c(c4)CN(C4CCC(=O)NC4=O)C5=O)CC3)CC2)nc1. The van der Waals surface area contributed by atoms with Crippen molar-refractivity contribution < 1.29 is 14.4 Å². The van der Waals surface area contributed by atoms with Crippen molar-refractivity contribution in [2.24, 2.45) is 5.92 Å². The Balaban J connectivity index is 0.999. The van der Waals surface area contributed by atoms with Gasteiger partial charge in [-0.1, -0.05) is 0 Å². The lowest BCUT2D eigenvalue weighted by Crippen LogP contribution is -2.52. The van der Waals surface area contributed by atoms with E-state index in [1.807, 2.05) is 24.3 Å². The molecule has 4 aliphatic rings. The molecule has 10 heteroatoms. The summed E-state index contributed by atoms with van der Waals surface area (Å²) in [6.45, 7) is 7.58. The lowest BCUT2D eigenvalue weighted by molar-refractivity contribution is -0.136. The van der Waals surface area contributed by atoms with Crippen molar-refractivity contribution in [1.82, 2.24) is 20.1 Å². The van der Waals surface area contributed by atoms with Crippen molar-refractivity contribution in [2.75, 3.05) is 61.3 Å². The molecule has 1 aromatic carbocycles. The third-order valence-electron chi connectivity index (χ3n) is 8.47. The number of anilines is 3. The highest BCUT2D eigenvalue weighted by Gasteiger charge is 2.39. The molecule has 38 heavy (non-hydrogen) atoms. The Morgan fingerprint density at radius 2 is 1.71 bits per heavy atom. The van der Waals surface area contributed by atoms with E-state index in [0.717, 1.165) is 62.9 Å². The van der Waals surface area contributed by atoms with E-state index < -0.39 is 6.04 Å². The number of piperazine rings is 1. The number of nitrogen functional groups attached to an aromatic ring is 1. The second kappa shape index (κ2) is 10.2. The summed E-state index contributed by atoms with van der Waals surface area (Å²) in [6, 6.07) is 9.39. The number of hydrogen-bond donors (Lipinski definition) is 2. The van der Waals surface area contributed by atoms with Crippen LogP contribution in [0.1, 0.15) is 41.6 Å². The fourth-order valence-electron chi connectivity index (χ4n) is 6.24. The summed E-state index contributed by atoms with van der Waals surface area (Å²) in [5.41, 5.74) is 9.23. The van der Waals surface area contributed by atoms with Crippen LogP contribution in [-0.4, -0.2) is 84.4 Å². The standard InChI is InChI=1S/C28H35N7O3/c29-21-1-5-25(30-16-21)34-9-7-19(8-10-34)17-32-11-13-33(14-12-32)22-2-3-23-20(15-22)18-35(28(23)38)24-4-6-26(36)31-27(24)37/h1-3,5,15-16,19,24H,4,6-14,17-18,29H2,(H,31,36,37). The molecule has 0 bridgehead atoms. The van der Waals surface area contributed by atoms with Crippen LogP contribution < -0.4 is 20.9 Å². The molecule has 3 N–H and O–H groups in total. The molecule has 200 valence electrons. The van der Waals surface area contributed by atoms with Crippen LogP contribution in [-0.2, 0) is 16.1 Å². The van der Waals surface area contributed by atoms with Crippen LogP contribution in [0.3, 0.4) is 0 Å². The number of pyridine rings is 1. The molecule has 5 heterocycles. The first-order chi connectivity index (χ1) is 18.4. The van der Waals surface area contributed by atoms with Gasteiger partial charge in [0.1, 0.15) is 11.9 Å². The van der Waals surface area contributed by atoms with E-state index >= 15 is 0 Å². The van der Waals surface area contributed by atoms with E-state index in [1.54, 1.807) is 11.1 Å². The molecule has 4 aliphatic heterocycles. The molecule has 1 aromatic heterocycles. The van der Waals surface area contributed by atoms with Gasteiger partial charge >= 0.3 is 0 Å². The normalized spacial score (nSPS) is 23.1. The number of amides is 3. The summed E-state index contributed by atoms with van der Waals surface area (Å²) >= 11 is 0. The maximum atomic E-state index is 13.0. The number of aromatic nitrogens is 1. The lowest BCUT2D eigenvalue weighted by atomic mass is 9.96. The summed E-state index contributed by atoms with van der Waals surface area (Å²) in [4.78, 5) is 50.2. The van der Waals surface area contributed by atoms with Crippen molar-refractivity contribution in [2.45, 2.75) is 38.3 Å². The van der Waals surface area contributed by atoms with E-state index in [4.69, 9.17) is 5.73 Å². The average Bonchev–Trinajstić information content (AvgIpc) is 3.25. The van der Waals surface area contributed by atoms with Gasteiger partial charge in [-0.25, -0.2) is 4.98 Å². The summed E-state index contributed by atoms with van der Waals surface area (Å²) in [5.74, 6) is 0.964. The van der Waals surface area contributed by atoms with Crippen molar-refractivity contribution in [3.05, 3.63) is 47.7 Å². The third-order valence-corrected chi connectivity index (χ3v) is 8.47. The number of rotatable bonds is 5. The van der Waals surface area contributed by atoms with E-state index in [0.29, 0.717) is 30.1 Å². The first-order valence-electron chi connectivity index (χ1n) is 13.7. The number of carbonyl (C=O) groups excluding carboxylic acids is 3. The van der Waals surface area contributed by atoms with Crippen LogP contribution >= 0.6 is 0 Å². The van der Waals surface area contributed by atoms with E-state index in [2.05, 4.69) is 31.1 Å². The topological polar surface area (TPSA) is 115 Å². The van der Waals surface area contributed by atoms with Crippen LogP contribution in [0.5, 0.6) is 0 Å². The number of nitrogens with two attached hydrogens (primary N) is 1. The molecule has 3 amide bonds. The molecule has 3 fully saturated rings. The molecule has 2 aromatic rings. The summed E-state index contributed by atoms with van der Waals surface area (Å²) in [5, 5.41) is 2.37. The minimum absolute atomic E-state index is 0.121. The van der Waals surface area contributed by atoms with Gasteiger partial charge in [-0.3, -0.25) is 24.6 Å². The summed E-state index contributed by atoms with van der Waals surface area (Å²) in [6.07, 6.45) is 4.74. The minimum Gasteiger partial charge on any atom is -0.397 e. The second-order valence-corrected chi connectivity index (χ2v) is 10.9.